The van der Waals surface area contributed by atoms with E-state index in [4.69, 9.17) is 0 Å². The van der Waals surface area contributed by atoms with Crippen LogP contribution in [-0.2, 0) is 21.3 Å². The smallest absolute Gasteiger partial charge is 0.337 e. The molecule has 1 heterocycles. The highest BCUT2D eigenvalue weighted by molar-refractivity contribution is 5.89. The van der Waals surface area contributed by atoms with Crippen molar-refractivity contribution >= 4 is 12.4 Å². The molecule has 130 valence electrons. The van der Waals surface area contributed by atoms with E-state index in [0.29, 0.717) is 12.0 Å². The first-order valence-corrected chi connectivity index (χ1v) is 7.49. The molecule has 0 spiro atoms. The normalized spacial score (nSPS) is 10.4. The number of methoxy groups -OCH3 is 1. The van der Waals surface area contributed by atoms with Crippen molar-refractivity contribution < 1.29 is 19.1 Å². The Morgan fingerprint density at radius 2 is 1.79 bits per heavy atom. The summed E-state index contributed by atoms with van der Waals surface area (Å²) in [6, 6.07) is 9.23. The van der Waals surface area contributed by atoms with Crippen molar-refractivity contribution in [3.05, 3.63) is 41.6 Å². The number of esters is 1. The van der Waals surface area contributed by atoms with Crippen LogP contribution in [0.5, 0.6) is 0 Å². The molecule has 0 aliphatic rings. The van der Waals surface area contributed by atoms with Crippen LogP contribution in [0.4, 0.5) is 0 Å². The van der Waals surface area contributed by atoms with Gasteiger partial charge in [-0.1, -0.05) is 12.1 Å². The highest BCUT2D eigenvalue weighted by Crippen LogP contribution is 2.19. The zero-order valence-electron chi connectivity index (χ0n) is 15.0. The van der Waals surface area contributed by atoms with Crippen LogP contribution >= 0.6 is 0 Å². The molecule has 1 aromatic carbocycles. The second kappa shape index (κ2) is 8.29. The summed E-state index contributed by atoms with van der Waals surface area (Å²) >= 11 is 0. The van der Waals surface area contributed by atoms with E-state index >= 15 is 0 Å². The first-order chi connectivity index (χ1) is 11.2. The maximum absolute atomic E-state index is 11.3. The Labute approximate surface area is 142 Å². The lowest BCUT2D eigenvalue weighted by Crippen LogP contribution is -2.17. The van der Waals surface area contributed by atoms with Gasteiger partial charge in [0.2, 0.25) is 0 Å². The zero-order chi connectivity index (χ0) is 18.3. The molecule has 0 radical (unpaired) electrons. The van der Waals surface area contributed by atoms with Crippen LogP contribution in [0.2, 0.25) is 0 Å². The van der Waals surface area contributed by atoms with Gasteiger partial charge in [-0.3, -0.25) is 9.48 Å². The van der Waals surface area contributed by atoms with Gasteiger partial charge >= 0.3 is 5.97 Å². The topological polar surface area (TPSA) is 70.4 Å². The molecule has 0 atom stereocenters. The fourth-order valence-electron chi connectivity index (χ4n) is 1.74. The Kier molecular flexibility index (Phi) is 6.70. The second-order valence-electron chi connectivity index (χ2n) is 6.19. The number of rotatable bonds is 3. The van der Waals surface area contributed by atoms with E-state index in [0.717, 1.165) is 17.0 Å². The highest BCUT2D eigenvalue weighted by Gasteiger charge is 2.08. The van der Waals surface area contributed by atoms with Crippen molar-refractivity contribution in [2.45, 2.75) is 33.3 Å². The van der Waals surface area contributed by atoms with Gasteiger partial charge in [0.15, 0.2) is 0 Å². The molecule has 1 aromatic heterocycles. The standard InChI is InChI=1S/C13H14N2O2.C5H10O2/c1-9-8-12(14-15(9)2)10-4-6-11(7-5-10)13(16)17-3;1-5(2,3)7-4-6/h4-8H,1-3H3;4H,1-3H3. The minimum atomic E-state index is -0.325. The molecule has 0 saturated heterocycles. The molecule has 0 aliphatic heterocycles. The fourth-order valence-corrected chi connectivity index (χ4v) is 1.74. The van der Waals surface area contributed by atoms with Crippen LogP contribution in [-0.4, -0.2) is 34.9 Å². The van der Waals surface area contributed by atoms with Crippen LogP contribution in [0, 0.1) is 6.92 Å². The molecule has 0 unspecified atom stereocenters. The third-order valence-corrected chi connectivity index (χ3v) is 3.12. The maximum atomic E-state index is 11.3. The largest absolute Gasteiger partial charge is 0.465 e. The number of carbonyl (C=O) groups excluding carboxylic acids is 2. The summed E-state index contributed by atoms with van der Waals surface area (Å²) in [6.45, 7) is 7.92. The van der Waals surface area contributed by atoms with Crippen LogP contribution < -0.4 is 0 Å². The van der Waals surface area contributed by atoms with E-state index in [2.05, 4.69) is 14.6 Å². The minimum Gasteiger partial charge on any atom is -0.465 e. The number of benzene rings is 1. The van der Waals surface area contributed by atoms with Gasteiger partial charge in [-0.2, -0.15) is 5.10 Å². The molecule has 6 heteroatoms. The summed E-state index contributed by atoms with van der Waals surface area (Å²) in [5, 5.41) is 4.38. The monoisotopic (exact) mass is 332 g/mol. The summed E-state index contributed by atoms with van der Waals surface area (Å²) in [7, 11) is 3.28. The van der Waals surface area contributed by atoms with E-state index in [1.165, 1.54) is 7.11 Å². The van der Waals surface area contributed by atoms with Crippen molar-refractivity contribution in [1.82, 2.24) is 9.78 Å². The maximum Gasteiger partial charge on any atom is 0.337 e. The molecule has 2 aromatic rings. The quantitative estimate of drug-likeness (QED) is 0.638. The number of nitrogens with zero attached hydrogens (tertiary/aromatic N) is 2. The molecule has 0 saturated carbocycles. The molecule has 0 amide bonds. The van der Waals surface area contributed by atoms with Crippen molar-refractivity contribution in [2.75, 3.05) is 7.11 Å². The number of hydrogen-bond acceptors (Lipinski definition) is 5. The molecular formula is C18H24N2O4. The summed E-state index contributed by atoms with van der Waals surface area (Å²) < 4.78 is 11.0. The van der Waals surface area contributed by atoms with Gasteiger partial charge in [-0.25, -0.2) is 4.79 Å². The Hall–Kier alpha value is -2.63. The SMILES string of the molecule is CC(C)(C)OC=O.COC(=O)c1ccc(-c2cc(C)n(C)n2)cc1. The van der Waals surface area contributed by atoms with Gasteiger partial charge in [0, 0.05) is 18.3 Å². The second-order valence-corrected chi connectivity index (χ2v) is 6.19. The van der Waals surface area contributed by atoms with E-state index in [-0.39, 0.29) is 11.6 Å². The first-order valence-electron chi connectivity index (χ1n) is 7.49. The molecule has 0 aliphatic carbocycles. The number of ether oxygens (including phenoxy) is 2. The Morgan fingerprint density at radius 3 is 2.12 bits per heavy atom. The lowest BCUT2D eigenvalue weighted by Gasteiger charge is -2.14. The average molecular weight is 332 g/mol. The molecule has 24 heavy (non-hydrogen) atoms. The van der Waals surface area contributed by atoms with Gasteiger partial charge in [-0.05, 0) is 45.9 Å². The van der Waals surface area contributed by atoms with E-state index in [1.807, 2.05) is 57.6 Å². The summed E-state index contributed by atoms with van der Waals surface area (Å²) in [4.78, 5) is 20.9. The van der Waals surface area contributed by atoms with Gasteiger partial charge in [0.05, 0.1) is 18.4 Å². The number of hydrogen-bond donors (Lipinski definition) is 0. The summed E-state index contributed by atoms with van der Waals surface area (Å²) in [5.41, 5.74) is 3.21. The van der Waals surface area contributed by atoms with Crippen molar-refractivity contribution in [3.63, 3.8) is 0 Å². The van der Waals surface area contributed by atoms with Crippen LogP contribution in [0.3, 0.4) is 0 Å². The van der Waals surface area contributed by atoms with Gasteiger partial charge in [-0.15, -0.1) is 0 Å². The zero-order valence-corrected chi connectivity index (χ0v) is 15.0. The van der Waals surface area contributed by atoms with Crippen molar-refractivity contribution in [2.24, 2.45) is 7.05 Å². The Balaban J connectivity index is 0.000000351. The van der Waals surface area contributed by atoms with Crippen LogP contribution in [0.25, 0.3) is 11.3 Å². The molecule has 0 bridgehead atoms. The average Bonchev–Trinajstić information content (AvgIpc) is 2.85. The third-order valence-electron chi connectivity index (χ3n) is 3.12. The predicted molar refractivity (Wildman–Crippen MR) is 91.6 cm³/mol. The van der Waals surface area contributed by atoms with Crippen LogP contribution in [0.1, 0.15) is 36.8 Å². The van der Waals surface area contributed by atoms with Crippen molar-refractivity contribution in [3.8, 4) is 11.3 Å². The number of aromatic nitrogens is 2. The lowest BCUT2D eigenvalue weighted by atomic mass is 10.1. The van der Waals surface area contributed by atoms with E-state index < -0.39 is 0 Å². The fraction of sp³-hybridized carbons (Fsp3) is 0.389. The first kappa shape index (κ1) is 19.4. The Morgan fingerprint density at radius 1 is 1.21 bits per heavy atom. The van der Waals surface area contributed by atoms with E-state index in [1.54, 1.807) is 12.1 Å². The summed E-state index contributed by atoms with van der Waals surface area (Å²) in [5.74, 6) is -0.325. The number of aryl methyl sites for hydroxylation is 2. The number of carbonyl (C=O) groups is 2. The predicted octanol–water partition coefficient (Wildman–Crippen LogP) is 3.14. The van der Waals surface area contributed by atoms with Gasteiger partial charge < -0.3 is 9.47 Å². The van der Waals surface area contributed by atoms with Gasteiger partial charge in [0.1, 0.15) is 5.60 Å². The molecular weight excluding hydrogens is 308 g/mol. The summed E-state index contributed by atoms with van der Waals surface area (Å²) in [6.07, 6.45) is 0. The van der Waals surface area contributed by atoms with E-state index in [9.17, 15) is 9.59 Å². The van der Waals surface area contributed by atoms with Crippen LogP contribution in [0.15, 0.2) is 30.3 Å². The molecule has 0 N–H and O–H groups in total. The van der Waals surface area contributed by atoms with Gasteiger partial charge in [0.25, 0.3) is 6.47 Å². The lowest BCUT2D eigenvalue weighted by molar-refractivity contribution is -0.138. The Bertz CT molecular complexity index is 663. The van der Waals surface area contributed by atoms with Crippen molar-refractivity contribution in [1.29, 1.82) is 0 Å². The molecule has 2 rings (SSSR count). The minimum absolute atomic E-state index is 0.318. The highest BCUT2D eigenvalue weighted by atomic mass is 16.5. The third kappa shape index (κ3) is 5.87. The molecule has 6 nitrogen and oxygen atoms in total. The molecule has 0 fully saturated rings.